The molecule has 0 aliphatic carbocycles. The minimum atomic E-state index is -0.997. The monoisotopic (exact) mass is 692 g/mol. The fraction of sp³-hybridized carbons (Fsp3) is 0.267. The van der Waals surface area contributed by atoms with Gasteiger partial charge in [-0.1, -0.05) is 12.1 Å². The van der Waals surface area contributed by atoms with Gasteiger partial charge in [0, 0.05) is 27.8 Å². The van der Waals surface area contributed by atoms with Gasteiger partial charge in [-0.3, -0.25) is 29.5 Å². The fourth-order valence-corrected chi connectivity index (χ4v) is 6.00. The molecule has 20 nitrogen and oxygen atoms in total. The first-order valence-electron chi connectivity index (χ1n) is 14.5. The van der Waals surface area contributed by atoms with Gasteiger partial charge in [0.1, 0.15) is 11.8 Å². The number of carbonyl (C=O) groups is 2. The highest BCUT2D eigenvalue weighted by atomic mass is 16.8. The molecule has 2 unspecified atom stereocenters. The van der Waals surface area contributed by atoms with E-state index >= 15 is 0 Å². The Balaban J connectivity index is 0.000000194. The number of carbonyl (C=O) groups excluding carboxylic acids is 2. The van der Waals surface area contributed by atoms with Crippen molar-refractivity contribution in [1.82, 2.24) is 20.9 Å². The molecule has 4 aromatic rings. The van der Waals surface area contributed by atoms with Crippen LogP contribution in [0.25, 0.3) is 22.1 Å². The van der Waals surface area contributed by atoms with Gasteiger partial charge < -0.3 is 30.5 Å². The number of nitro groups is 2. The average Bonchev–Trinajstić information content (AvgIpc) is 3.64. The molecule has 6 rings (SSSR count). The summed E-state index contributed by atoms with van der Waals surface area (Å²) in [5.41, 5.74) is 3.01. The summed E-state index contributed by atoms with van der Waals surface area (Å²) in [5.74, 6) is -3.34. The molecule has 0 fully saturated rings. The van der Waals surface area contributed by atoms with Crippen molar-refractivity contribution in [3.8, 4) is 0 Å². The lowest BCUT2D eigenvalue weighted by atomic mass is 9.84. The second-order valence-corrected chi connectivity index (χ2v) is 11.1. The number of nitrogens with one attached hydrogen (secondary N) is 2. The molecule has 0 amide bonds. The van der Waals surface area contributed by atoms with Gasteiger partial charge >= 0.3 is 11.9 Å². The summed E-state index contributed by atoms with van der Waals surface area (Å²) in [4.78, 5) is 47.1. The van der Waals surface area contributed by atoms with Crippen LogP contribution in [0.3, 0.4) is 0 Å². The van der Waals surface area contributed by atoms with Gasteiger partial charge in [-0.25, -0.2) is 9.59 Å². The first-order chi connectivity index (χ1) is 23.7. The zero-order valence-corrected chi connectivity index (χ0v) is 27.2. The number of allylic oxidation sites excluding steroid dienone is 6. The third-order valence-corrected chi connectivity index (χ3v) is 8.14. The summed E-state index contributed by atoms with van der Waals surface area (Å²) < 4.78 is 18.6. The predicted octanol–water partition coefficient (Wildman–Crippen LogP) is 2.21. The molecular formula is C30H28N8O12. The quantitative estimate of drug-likeness (QED) is 0.127. The molecule has 0 spiro atoms. The molecule has 2 aromatic heterocycles. The van der Waals surface area contributed by atoms with Crippen LogP contribution in [0.5, 0.6) is 0 Å². The predicted molar refractivity (Wildman–Crippen MR) is 167 cm³/mol. The Bertz CT molecular complexity index is 2230. The average molecular weight is 693 g/mol. The van der Waals surface area contributed by atoms with Gasteiger partial charge in [0.25, 0.3) is 11.4 Å². The molecule has 0 bridgehead atoms. The van der Waals surface area contributed by atoms with Crippen LogP contribution in [-0.4, -0.2) is 46.3 Å². The van der Waals surface area contributed by atoms with E-state index in [2.05, 4.69) is 30.2 Å². The van der Waals surface area contributed by atoms with E-state index in [4.69, 9.17) is 9.47 Å². The van der Waals surface area contributed by atoms with Gasteiger partial charge in [-0.05, 0) is 66.8 Å². The normalized spacial score (nSPS) is 17.6. The lowest BCUT2D eigenvalue weighted by Gasteiger charge is -2.25. The Morgan fingerprint density at radius 2 is 1.14 bits per heavy atom. The molecule has 0 saturated carbocycles. The minimum absolute atomic E-state index is 0.105. The Morgan fingerprint density at radius 1 is 0.700 bits per heavy atom. The van der Waals surface area contributed by atoms with Crippen molar-refractivity contribution in [2.75, 3.05) is 14.2 Å². The van der Waals surface area contributed by atoms with Crippen molar-refractivity contribution in [1.29, 1.82) is 0 Å². The number of hydrogen-bond acceptors (Lipinski definition) is 16. The summed E-state index contributed by atoms with van der Waals surface area (Å²) >= 11 is 0. The standard InChI is InChI=1S/2C15H14N4O6/c1-7-12(15(20)24-3)13(14(18(21)22)8(2)16-7)9-4-5-11-10(6-9)17-25-19(11)23;1-7-12(15(20)24-3)13(14(18(21)22)8(2)16-7)9-4-5-10-11(6-9)19(23)25-17-10/h2*4-6,13,16H,1-3H3. The molecule has 2 aromatic carbocycles. The molecule has 260 valence electrons. The highest BCUT2D eigenvalue weighted by Crippen LogP contribution is 2.40. The number of rotatable bonds is 6. The maximum Gasteiger partial charge on any atom is 0.336 e. The zero-order valence-electron chi connectivity index (χ0n) is 27.2. The van der Waals surface area contributed by atoms with Crippen LogP contribution in [0.1, 0.15) is 50.7 Å². The molecule has 2 aliphatic heterocycles. The van der Waals surface area contributed by atoms with Gasteiger partial charge in [-0.15, -0.1) is 0 Å². The molecule has 0 radical (unpaired) electrons. The number of ether oxygens (including phenoxy) is 2. The van der Waals surface area contributed by atoms with Crippen molar-refractivity contribution in [3.63, 3.8) is 0 Å². The lowest BCUT2D eigenvalue weighted by molar-refractivity contribution is -0.782. The third kappa shape index (κ3) is 6.00. The molecule has 20 heteroatoms. The van der Waals surface area contributed by atoms with Gasteiger partial charge in [-0.2, -0.15) is 0 Å². The summed E-state index contributed by atoms with van der Waals surface area (Å²) in [7, 11) is 2.41. The van der Waals surface area contributed by atoms with Crippen molar-refractivity contribution in [2.24, 2.45) is 0 Å². The first-order valence-corrected chi connectivity index (χ1v) is 14.5. The molecule has 50 heavy (non-hydrogen) atoms. The molecule has 2 aliphatic rings. The van der Waals surface area contributed by atoms with E-state index in [0.717, 1.165) is 0 Å². The van der Waals surface area contributed by atoms with Crippen molar-refractivity contribution >= 4 is 34.0 Å². The number of hydrogen-bond donors (Lipinski definition) is 2. The summed E-state index contributed by atoms with van der Waals surface area (Å²) in [5, 5.41) is 59.2. The second kappa shape index (κ2) is 13.3. The van der Waals surface area contributed by atoms with Crippen LogP contribution in [0.15, 0.2) is 91.0 Å². The Hall–Kier alpha value is -6.86. The van der Waals surface area contributed by atoms with Gasteiger partial charge in [0.2, 0.25) is 22.1 Å². The van der Waals surface area contributed by atoms with Crippen LogP contribution < -0.4 is 20.4 Å². The van der Waals surface area contributed by atoms with Gasteiger partial charge in [0.15, 0.2) is 0 Å². The van der Waals surface area contributed by atoms with Crippen LogP contribution in [-0.2, 0) is 19.1 Å². The molecule has 2 atom stereocenters. The first kappa shape index (κ1) is 34.5. The molecule has 2 N–H and O–H groups in total. The summed E-state index contributed by atoms with van der Waals surface area (Å²) in [6, 6.07) is 8.93. The van der Waals surface area contributed by atoms with Crippen molar-refractivity contribution < 1.29 is 48.0 Å². The number of aromatic nitrogens is 4. The number of nitrogens with zero attached hydrogens (tertiary/aromatic N) is 6. The Kier molecular flexibility index (Phi) is 9.19. The van der Waals surface area contributed by atoms with E-state index in [1.54, 1.807) is 33.8 Å². The van der Waals surface area contributed by atoms with E-state index in [1.807, 2.05) is 0 Å². The van der Waals surface area contributed by atoms with E-state index in [9.17, 15) is 40.2 Å². The minimum Gasteiger partial charge on any atom is -0.466 e. The van der Waals surface area contributed by atoms with E-state index < -0.39 is 33.6 Å². The van der Waals surface area contributed by atoms with Crippen LogP contribution in [0.4, 0.5) is 0 Å². The van der Waals surface area contributed by atoms with E-state index in [-0.39, 0.29) is 48.9 Å². The highest BCUT2D eigenvalue weighted by Gasteiger charge is 2.42. The number of benzene rings is 2. The topological polar surface area (TPSA) is 269 Å². The Morgan fingerprint density at radius 3 is 1.62 bits per heavy atom. The highest BCUT2D eigenvalue weighted by molar-refractivity contribution is 5.93. The van der Waals surface area contributed by atoms with Crippen LogP contribution >= 0.6 is 0 Å². The number of fused-ring (bicyclic) bond motifs is 2. The van der Waals surface area contributed by atoms with E-state index in [1.165, 1.54) is 44.6 Å². The van der Waals surface area contributed by atoms with Crippen molar-refractivity contribution in [2.45, 2.75) is 39.5 Å². The van der Waals surface area contributed by atoms with Gasteiger partial charge in [0.05, 0.1) is 46.6 Å². The molecule has 4 heterocycles. The number of methoxy groups -OCH3 is 2. The van der Waals surface area contributed by atoms with Crippen LogP contribution in [0.2, 0.25) is 0 Å². The second-order valence-electron chi connectivity index (χ2n) is 11.1. The lowest BCUT2D eigenvalue weighted by Crippen LogP contribution is -2.31. The number of dihydropyridines is 2. The number of esters is 2. The fourth-order valence-electron chi connectivity index (χ4n) is 6.00. The maximum absolute atomic E-state index is 12.3. The van der Waals surface area contributed by atoms with Crippen LogP contribution in [0, 0.1) is 30.6 Å². The molecular weight excluding hydrogens is 664 g/mol. The summed E-state index contributed by atoms with van der Waals surface area (Å²) in [6.07, 6.45) is 0. The summed E-state index contributed by atoms with van der Waals surface area (Å²) in [6.45, 7) is 6.38. The Labute approximate surface area is 280 Å². The molecule has 0 saturated heterocycles. The van der Waals surface area contributed by atoms with E-state index in [0.29, 0.717) is 39.4 Å². The maximum atomic E-state index is 12.3. The van der Waals surface area contributed by atoms with Crippen molar-refractivity contribution in [3.05, 3.63) is 123 Å². The SMILES string of the molecule is COC(=O)C1=C(C)NC(C)=C([N+](=O)[O-])C1c1ccc2c(c1)no[n+]2[O-].COC(=O)C1=C(C)NC(C)=C([N+](=O)[O-])C1c1ccc2no[n+]([O-])c2c1. The zero-order chi connectivity index (χ0) is 36.6. The third-order valence-electron chi connectivity index (χ3n) is 8.14. The largest absolute Gasteiger partial charge is 0.466 e. The smallest absolute Gasteiger partial charge is 0.336 e.